The van der Waals surface area contributed by atoms with Gasteiger partial charge in [-0.2, -0.15) is 0 Å². The summed E-state index contributed by atoms with van der Waals surface area (Å²) in [6.07, 6.45) is 0.993. The van der Waals surface area contributed by atoms with Gasteiger partial charge in [0.2, 0.25) is 5.91 Å². The number of hydrogen-bond donors (Lipinski definition) is 1. The molecule has 0 bridgehead atoms. The second kappa shape index (κ2) is 7.28. The molecule has 0 spiro atoms. The van der Waals surface area contributed by atoms with Crippen LogP contribution in [0.1, 0.15) is 40.0 Å². The lowest BCUT2D eigenvalue weighted by molar-refractivity contribution is -0.140. The van der Waals surface area contributed by atoms with Crippen LogP contribution in [0.25, 0.3) is 0 Å². The van der Waals surface area contributed by atoms with Crippen molar-refractivity contribution in [3.05, 3.63) is 0 Å². The van der Waals surface area contributed by atoms with Crippen molar-refractivity contribution in [1.82, 2.24) is 10.2 Å². The molecule has 1 rings (SSSR count). The minimum atomic E-state index is -0.592. The van der Waals surface area contributed by atoms with Gasteiger partial charge in [0.15, 0.2) is 0 Å². The summed E-state index contributed by atoms with van der Waals surface area (Å²) in [5.41, 5.74) is -0.592. The highest BCUT2D eigenvalue weighted by atomic mass is 16.6. The Bertz CT molecular complexity index is 403. The van der Waals surface area contributed by atoms with E-state index in [1.54, 1.807) is 20.8 Å². The molecule has 2 amide bonds. The Hall–Kier alpha value is -1.79. The van der Waals surface area contributed by atoms with Crippen LogP contribution in [0.4, 0.5) is 4.79 Å². The Morgan fingerprint density at radius 3 is 2.52 bits per heavy atom. The minimum absolute atomic E-state index is 0.112. The third-order valence-electron chi connectivity index (χ3n) is 3.04. The van der Waals surface area contributed by atoms with Gasteiger partial charge in [0, 0.05) is 13.1 Å². The fraction of sp³-hybridized carbons (Fsp3) is 0.786. The Labute approximate surface area is 124 Å². The molecule has 0 radical (unpaired) electrons. The van der Waals surface area contributed by atoms with E-state index in [0.717, 1.165) is 6.42 Å². The first-order chi connectivity index (χ1) is 9.74. The number of ether oxygens (including phenoxy) is 2. The average Bonchev–Trinajstić information content (AvgIpc) is 2.85. The van der Waals surface area contributed by atoms with Crippen molar-refractivity contribution in [1.29, 1.82) is 0 Å². The molecule has 1 saturated heterocycles. The van der Waals surface area contributed by atoms with Crippen molar-refractivity contribution < 1.29 is 23.9 Å². The minimum Gasteiger partial charge on any atom is -0.469 e. The largest absolute Gasteiger partial charge is 0.469 e. The fourth-order valence-electron chi connectivity index (χ4n) is 2.09. The van der Waals surface area contributed by atoms with E-state index in [9.17, 15) is 14.4 Å². The van der Waals surface area contributed by atoms with Crippen molar-refractivity contribution in [3.63, 3.8) is 0 Å². The zero-order valence-electron chi connectivity index (χ0n) is 13.1. The normalized spacial score (nSPS) is 18.3. The first-order valence-electron chi connectivity index (χ1n) is 7.09. The van der Waals surface area contributed by atoms with Crippen LogP contribution < -0.4 is 5.32 Å². The highest BCUT2D eigenvalue weighted by Crippen LogP contribution is 2.20. The third kappa shape index (κ3) is 5.61. The molecule has 1 aliphatic rings. The lowest BCUT2D eigenvalue weighted by Crippen LogP contribution is -2.47. The zero-order valence-corrected chi connectivity index (χ0v) is 13.1. The Morgan fingerprint density at radius 2 is 1.95 bits per heavy atom. The Balaban J connectivity index is 2.50. The number of carbonyl (C=O) groups is 3. The number of esters is 1. The summed E-state index contributed by atoms with van der Waals surface area (Å²) in [6, 6.07) is -0.530. The molecule has 0 aromatic rings. The second-order valence-corrected chi connectivity index (χ2v) is 5.95. The predicted molar refractivity (Wildman–Crippen MR) is 75.6 cm³/mol. The summed E-state index contributed by atoms with van der Waals surface area (Å²) in [5, 5.41) is 2.65. The van der Waals surface area contributed by atoms with Crippen molar-refractivity contribution >= 4 is 18.0 Å². The van der Waals surface area contributed by atoms with Gasteiger partial charge in [-0.25, -0.2) is 4.79 Å². The maximum absolute atomic E-state index is 12.1. The standard InChI is InChI=1S/C14H24N2O5/c1-14(2,3)21-13(19)16-9-5-6-10(16)12(18)15-8-7-11(17)20-4/h10H,5-9H2,1-4H3,(H,15,18). The average molecular weight is 300 g/mol. The molecule has 0 aliphatic carbocycles. The molecule has 0 aromatic heterocycles. The summed E-state index contributed by atoms with van der Waals surface area (Å²) >= 11 is 0. The summed E-state index contributed by atoms with van der Waals surface area (Å²) in [5.74, 6) is -0.645. The molecule has 1 heterocycles. The highest BCUT2D eigenvalue weighted by Gasteiger charge is 2.36. The van der Waals surface area contributed by atoms with E-state index in [1.165, 1.54) is 12.0 Å². The van der Waals surface area contributed by atoms with Gasteiger partial charge in [-0.1, -0.05) is 0 Å². The van der Waals surface area contributed by atoms with E-state index >= 15 is 0 Å². The summed E-state index contributed by atoms with van der Waals surface area (Å²) in [7, 11) is 1.30. The van der Waals surface area contributed by atoms with Crippen LogP contribution in [0.15, 0.2) is 0 Å². The zero-order chi connectivity index (χ0) is 16.0. The lowest BCUT2D eigenvalue weighted by atomic mass is 10.2. The number of amides is 2. The number of rotatable bonds is 4. The first-order valence-corrected chi connectivity index (χ1v) is 7.09. The summed E-state index contributed by atoms with van der Waals surface area (Å²) in [6.45, 7) is 6.05. The van der Waals surface area contributed by atoms with Crippen LogP contribution in [0.2, 0.25) is 0 Å². The van der Waals surface area contributed by atoms with Gasteiger partial charge in [-0.15, -0.1) is 0 Å². The monoisotopic (exact) mass is 300 g/mol. The van der Waals surface area contributed by atoms with E-state index in [1.807, 2.05) is 0 Å². The smallest absolute Gasteiger partial charge is 0.410 e. The molecule has 1 N–H and O–H groups in total. The summed E-state index contributed by atoms with van der Waals surface area (Å²) < 4.78 is 9.79. The molecular formula is C14H24N2O5. The first kappa shape index (κ1) is 17.3. The van der Waals surface area contributed by atoms with Crippen molar-refractivity contribution in [2.75, 3.05) is 20.2 Å². The van der Waals surface area contributed by atoms with Gasteiger partial charge in [0.05, 0.1) is 13.5 Å². The van der Waals surface area contributed by atoms with Crippen molar-refractivity contribution in [3.8, 4) is 0 Å². The molecule has 120 valence electrons. The molecular weight excluding hydrogens is 276 g/mol. The van der Waals surface area contributed by atoms with Crippen LogP contribution in [0.3, 0.4) is 0 Å². The van der Waals surface area contributed by atoms with Crippen LogP contribution in [-0.2, 0) is 19.1 Å². The molecule has 1 unspecified atom stereocenters. The number of carbonyl (C=O) groups excluding carboxylic acids is 3. The van der Waals surface area contributed by atoms with Gasteiger partial charge < -0.3 is 14.8 Å². The molecule has 0 saturated carbocycles. The highest BCUT2D eigenvalue weighted by molar-refractivity contribution is 5.86. The number of hydrogen-bond acceptors (Lipinski definition) is 5. The van der Waals surface area contributed by atoms with Gasteiger partial charge in [-0.3, -0.25) is 14.5 Å². The van der Waals surface area contributed by atoms with Crippen LogP contribution >= 0.6 is 0 Å². The number of nitrogens with one attached hydrogen (secondary N) is 1. The van der Waals surface area contributed by atoms with Crippen molar-refractivity contribution in [2.24, 2.45) is 0 Å². The Kier molecular flexibility index (Phi) is 5.99. The Morgan fingerprint density at radius 1 is 1.29 bits per heavy atom. The molecule has 1 fully saturated rings. The van der Waals surface area contributed by atoms with E-state index in [-0.39, 0.29) is 24.8 Å². The van der Waals surface area contributed by atoms with Crippen LogP contribution in [0, 0.1) is 0 Å². The van der Waals surface area contributed by atoms with Gasteiger partial charge >= 0.3 is 12.1 Å². The predicted octanol–water partition coefficient (Wildman–Crippen LogP) is 1.07. The molecule has 7 heteroatoms. The third-order valence-corrected chi connectivity index (χ3v) is 3.04. The molecule has 0 aromatic carbocycles. The van der Waals surface area contributed by atoms with E-state index in [4.69, 9.17) is 4.74 Å². The van der Waals surface area contributed by atoms with Crippen LogP contribution in [-0.4, -0.2) is 54.7 Å². The molecule has 7 nitrogen and oxygen atoms in total. The lowest BCUT2D eigenvalue weighted by Gasteiger charge is -2.28. The van der Waals surface area contributed by atoms with Crippen molar-refractivity contribution in [2.45, 2.75) is 51.7 Å². The van der Waals surface area contributed by atoms with E-state index in [2.05, 4.69) is 10.1 Å². The van der Waals surface area contributed by atoms with E-state index < -0.39 is 17.7 Å². The van der Waals surface area contributed by atoms with Gasteiger partial charge in [-0.05, 0) is 33.6 Å². The molecule has 1 aliphatic heterocycles. The van der Waals surface area contributed by atoms with E-state index in [0.29, 0.717) is 13.0 Å². The number of nitrogens with zero attached hydrogens (tertiary/aromatic N) is 1. The molecule has 1 atom stereocenters. The maximum atomic E-state index is 12.1. The number of methoxy groups -OCH3 is 1. The summed E-state index contributed by atoms with van der Waals surface area (Å²) in [4.78, 5) is 36.6. The topological polar surface area (TPSA) is 84.9 Å². The SMILES string of the molecule is COC(=O)CCNC(=O)C1CCCN1C(=O)OC(C)(C)C. The van der Waals surface area contributed by atoms with Gasteiger partial charge in [0.25, 0.3) is 0 Å². The fourth-order valence-corrected chi connectivity index (χ4v) is 2.09. The van der Waals surface area contributed by atoms with Gasteiger partial charge in [0.1, 0.15) is 11.6 Å². The van der Waals surface area contributed by atoms with Crippen LogP contribution in [0.5, 0.6) is 0 Å². The second-order valence-electron chi connectivity index (χ2n) is 5.95. The quantitative estimate of drug-likeness (QED) is 0.785. The number of likely N-dealkylation sites (tertiary alicyclic amines) is 1. The maximum Gasteiger partial charge on any atom is 0.410 e. The molecule has 21 heavy (non-hydrogen) atoms.